The molecule has 1 saturated heterocycles. The first-order valence-corrected chi connectivity index (χ1v) is 10.2. The van der Waals surface area contributed by atoms with Gasteiger partial charge in [0.1, 0.15) is 5.69 Å². The number of carbonyl (C=O) groups excluding carboxylic acids is 1. The van der Waals surface area contributed by atoms with Crippen molar-refractivity contribution in [2.45, 2.75) is 59.0 Å². The Bertz CT molecular complexity index is 770. The molecule has 0 unspecified atom stereocenters. The number of allylic oxidation sites excluding steroid dienone is 2. The van der Waals surface area contributed by atoms with Crippen molar-refractivity contribution in [3.05, 3.63) is 35.6 Å². The number of anilines is 1. The molecule has 1 fully saturated rings. The number of likely N-dealkylation sites (tertiary alicyclic amines) is 1. The average Bonchev–Trinajstić information content (AvgIpc) is 2.63. The Labute approximate surface area is 175 Å². The molecule has 2 amide bonds. The Morgan fingerprint density at radius 3 is 2.31 bits per heavy atom. The number of amides is 2. The highest BCUT2D eigenvalue weighted by atomic mass is 16.2. The molecule has 1 aliphatic rings. The number of urea groups is 1. The van der Waals surface area contributed by atoms with Crippen LogP contribution in [-0.2, 0) is 0 Å². The Balaban J connectivity index is 2.05. The number of hydrogen-bond donors (Lipinski definition) is 2. The van der Waals surface area contributed by atoms with E-state index >= 15 is 0 Å². The second-order valence-electron chi connectivity index (χ2n) is 8.92. The first kappa shape index (κ1) is 22.7. The molecule has 0 bridgehead atoms. The van der Waals surface area contributed by atoms with Gasteiger partial charge in [0, 0.05) is 38.8 Å². The lowest BCUT2D eigenvalue weighted by Crippen LogP contribution is -2.51. The van der Waals surface area contributed by atoms with Crippen molar-refractivity contribution < 1.29 is 4.79 Å². The molecule has 7 nitrogen and oxygen atoms in total. The fourth-order valence-electron chi connectivity index (χ4n) is 3.36. The molecule has 0 radical (unpaired) electrons. The van der Waals surface area contributed by atoms with Crippen LogP contribution in [0.25, 0.3) is 5.70 Å². The summed E-state index contributed by atoms with van der Waals surface area (Å²) in [5.74, 6) is 0.820. The number of piperidine rings is 1. The van der Waals surface area contributed by atoms with Gasteiger partial charge >= 0.3 is 6.03 Å². The van der Waals surface area contributed by atoms with E-state index in [9.17, 15) is 4.79 Å². The molecule has 2 N–H and O–H groups in total. The highest BCUT2D eigenvalue weighted by Crippen LogP contribution is 2.25. The molecule has 0 aromatic carbocycles. The molecule has 0 aliphatic carbocycles. The Kier molecular flexibility index (Phi) is 7.27. The first-order chi connectivity index (χ1) is 13.5. The van der Waals surface area contributed by atoms with Gasteiger partial charge in [-0.2, -0.15) is 0 Å². The maximum atomic E-state index is 12.3. The first-order valence-electron chi connectivity index (χ1n) is 10.2. The van der Waals surface area contributed by atoms with Crippen LogP contribution in [0.3, 0.4) is 0 Å². The molecule has 160 valence electrons. The van der Waals surface area contributed by atoms with E-state index in [0.29, 0.717) is 0 Å². The van der Waals surface area contributed by atoms with Crippen LogP contribution in [-0.4, -0.2) is 64.8 Å². The third-order valence-corrected chi connectivity index (χ3v) is 5.13. The van der Waals surface area contributed by atoms with Crippen molar-refractivity contribution in [1.29, 1.82) is 0 Å². The van der Waals surface area contributed by atoms with Crippen LogP contribution in [0.1, 0.15) is 50.4 Å². The zero-order valence-electron chi connectivity index (χ0n) is 19.0. The quantitative estimate of drug-likeness (QED) is 0.739. The van der Waals surface area contributed by atoms with Gasteiger partial charge in [0.15, 0.2) is 5.82 Å². The standard InChI is InChI=1S/C22H36N6O/c1-9-10-18(27(7)8)19-15(2)16(3)20(26-25-19)23-17-11-13-28(14-12-17)21(29)24-22(4,5)6/h9-10,17H,1,11-14H2,2-8H3,(H,23,26)(H,24,29)/b18-10-. The van der Waals surface area contributed by atoms with Gasteiger partial charge in [-0.25, -0.2) is 4.79 Å². The number of carbonyl (C=O) groups is 1. The van der Waals surface area contributed by atoms with Crippen molar-refractivity contribution in [1.82, 2.24) is 25.3 Å². The van der Waals surface area contributed by atoms with Crippen LogP contribution in [0, 0.1) is 13.8 Å². The maximum Gasteiger partial charge on any atom is 0.317 e. The number of hydrogen-bond acceptors (Lipinski definition) is 5. The van der Waals surface area contributed by atoms with Gasteiger partial charge in [0.25, 0.3) is 0 Å². The van der Waals surface area contributed by atoms with Crippen molar-refractivity contribution in [3.8, 4) is 0 Å². The molecule has 29 heavy (non-hydrogen) atoms. The van der Waals surface area contributed by atoms with Crippen LogP contribution in [0.4, 0.5) is 10.6 Å². The van der Waals surface area contributed by atoms with Gasteiger partial charge in [0.2, 0.25) is 0 Å². The molecule has 0 saturated carbocycles. The Hall–Kier alpha value is -2.57. The van der Waals surface area contributed by atoms with Gasteiger partial charge in [-0.05, 0) is 64.7 Å². The van der Waals surface area contributed by atoms with E-state index < -0.39 is 0 Å². The van der Waals surface area contributed by atoms with E-state index in [4.69, 9.17) is 0 Å². The normalized spacial score (nSPS) is 15.8. The fourth-order valence-corrected chi connectivity index (χ4v) is 3.36. The SMILES string of the molecule is C=C/C=C(/c1nnc(NC2CCN(C(=O)NC(C)(C)C)CC2)c(C)c1C)N(C)C. The van der Waals surface area contributed by atoms with Gasteiger partial charge in [-0.1, -0.05) is 12.7 Å². The van der Waals surface area contributed by atoms with E-state index in [1.165, 1.54) is 0 Å². The summed E-state index contributed by atoms with van der Waals surface area (Å²) in [5, 5.41) is 15.5. The lowest BCUT2D eigenvalue weighted by molar-refractivity contribution is 0.175. The summed E-state index contributed by atoms with van der Waals surface area (Å²) in [6.45, 7) is 15.4. The number of rotatable bonds is 5. The summed E-state index contributed by atoms with van der Waals surface area (Å²) in [5.41, 5.74) is 3.83. The molecule has 0 spiro atoms. The molecule has 7 heteroatoms. The third kappa shape index (κ3) is 5.95. The van der Waals surface area contributed by atoms with Crippen molar-refractivity contribution in [2.24, 2.45) is 0 Å². The van der Waals surface area contributed by atoms with Crippen LogP contribution in [0.15, 0.2) is 18.7 Å². The van der Waals surface area contributed by atoms with E-state index in [2.05, 4.69) is 41.3 Å². The second kappa shape index (κ2) is 9.29. The summed E-state index contributed by atoms with van der Waals surface area (Å²) in [7, 11) is 3.98. The lowest BCUT2D eigenvalue weighted by atomic mass is 10.0. The topological polar surface area (TPSA) is 73.4 Å². The van der Waals surface area contributed by atoms with E-state index in [1.807, 2.05) is 50.7 Å². The summed E-state index contributed by atoms with van der Waals surface area (Å²) in [6, 6.07) is 0.293. The minimum atomic E-state index is -0.219. The van der Waals surface area contributed by atoms with Gasteiger partial charge in [-0.15, -0.1) is 10.2 Å². The van der Waals surface area contributed by atoms with Crippen molar-refractivity contribution >= 4 is 17.5 Å². The minimum absolute atomic E-state index is 0.0114. The second-order valence-corrected chi connectivity index (χ2v) is 8.92. The number of nitrogens with zero attached hydrogens (tertiary/aromatic N) is 4. The van der Waals surface area contributed by atoms with E-state index in [-0.39, 0.29) is 17.6 Å². The fraction of sp³-hybridized carbons (Fsp3) is 0.591. The van der Waals surface area contributed by atoms with Gasteiger partial charge in [-0.3, -0.25) is 0 Å². The molecule has 0 atom stereocenters. The molecular formula is C22H36N6O. The zero-order chi connectivity index (χ0) is 21.8. The Morgan fingerprint density at radius 1 is 1.17 bits per heavy atom. The number of nitrogens with one attached hydrogen (secondary N) is 2. The van der Waals surface area contributed by atoms with Crippen LogP contribution in [0.2, 0.25) is 0 Å². The molecule has 1 aromatic rings. The van der Waals surface area contributed by atoms with E-state index in [0.717, 1.165) is 54.3 Å². The smallest absolute Gasteiger partial charge is 0.317 e. The van der Waals surface area contributed by atoms with Crippen LogP contribution < -0.4 is 10.6 Å². The molecule has 1 aliphatic heterocycles. The zero-order valence-corrected chi connectivity index (χ0v) is 19.0. The van der Waals surface area contributed by atoms with Gasteiger partial charge in [0.05, 0.1) is 5.70 Å². The summed E-state index contributed by atoms with van der Waals surface area (Å²) < 4.78 is 0. The summed E-state index contributed by atoms with van der Waals surface area (Å²) >= 11 is 0. The average molecular weight is 401 g/mol. The molecule has 1 aromatic heterocycles. The van der Waals surface area contributed by atoms with Gasteiger partial charge < -0.3 is 20.4 Å². The maximum absolute atomic E-state index is 12.3. The predicted molar refractivity (Wildman–Crippen MR) is 120 cm³/mol. The molecular weight excluding hydrogens is 364 g/mol. The minimum Gasteiger partial charge on any atom is -0.376 e. The van der Waals surface area contributed by atoms with Crippen molar-refractivity contribution in [2.75, 3.05) is 32.5 Å². The molecule has 2 rings (SSSR count). The number of aromatic nitrogens is 2. The monoisotopic (exact) mass is 400 g/mol. The van der Waals surface area contributed by atoms with Crippen LogP contribution in [0.5, 0.6) is 0 Å². The highest BCUT2D eigenvalue weighted by Gasteiger charge is 2.26. The summed E-state index contributed by atoms with van der Waals surface area (Å²) in [6.07, 6.45) is 5.49. The highest BCUT2D eigenvalue weighted by molar-refractivity contribution is 5.75. The van der Waals surface area contributed by atoms with Crippen molar-refractivity contribution in [3.63, 3.8) is 0 Å². The largest absolute Gasteiger partial charge is 0.376 e. The Morgan fingerprint density at radius 2 is 1.79 bits per heavy atom. The lowest BCUT2D eigenvalue weighted by Gasteiger charge is -2.35. The summed E-state index contributed by atoms with van der Waals surface area (Å²) in [4.78, 5) is 16.2. The van der Waals surface area contributed by atoms with E-state index in [1.54, 1.807) is 6.08 Å². The van der Waals surface area contributed by atoms with Crippen LogP contribution >= 0.6 is 0 Å². The molecule has 2 heterocycles. The predicted octanol–water partition coefficient (Wildman–Crippen LogP) is 3.57. The third-order valence-electron chi connectivity index (χ3n) is 5.13.